The van der Waals surface area contributed by atoms with Crippen LogP contribution in [0.4, 0.5) is 10.5 Å². The molecule has 0 aliphatic heterocycles. The Kier molecular flexibility index (Phi) is 5.79. The number of thiazole rings is 1. The number of para-hydroxylation sites is 1. The molecule has 154 valence electrons. The monoisotopic (exact) mass is 496 g/mol. The molecule has 1 heterocycles. The van der Waals surface area contributed by atoms with E-state index in [1.165, 1.54) is 23.5 Å². The molecule has 9 heteroatoms. The van der Waals surface area contributed by atoms with Crippen LogP contribution in [0, 0.1) is 10.1 Å². The van der Waals surface area contributed by atoms with Crippen LogP contribution in [0.1, 0.15) is 0 Å². The minimum Gasteiger partial charge on any atom is -0.449 e. The number of nitro groups is 1. The third-order valence-corrected chi connectivity index (χ3v) is 5.88. The van der Waals surface area contributed by atoms with Crippen molar-refractivity contribution in [2.45, 2.75) is 0 Å². The fourth-order valence-electron chi connectivity index (χ4n) is 3.08. The number of ether oxygens (including phenoxy) is 1. The predicted octanol–water partition coefficient (Wildman–Crippen LogP) is 6.87. The summed E-state index contributed by atoms with van der Waals surface area (Å²) in [6.45, 7) is 0. The summed E-state index contributed by atoms with van der Waals surface area (Å²) in [5.41, 5.74) is 2.82. The van der Waals surface area contributed by atoms with Crippen molar-refractivity contribution in [3.05, 3.63) is 86.7 Å². The summed E-state index contributed by atoms with van der Waals surface area (Å²) in [7, 11) is 0. The Bertz CT molecular complexity index is 1290. The maximum absolute atomic E-state index is 11.4. The third kappa shape index (κ3) is 4.47. The quantitative estimate of drug-likeness (QED) is 0.140. The number of nitrogens with zero attached hydrogens (tertiary/aromatic N) is 2. The van der Waals surface area contributed by atoms with Crippen LogP contribution in [0.25, 0.3) is 33.0 Å². The zero-order chi connectivity index (χ0) is 22.0. The zero-order valence-electron chi connectivity index (χ0n) is 15.7. The lowest BCUT2D eigenvalue weighted by molar-refractivity contribution is -0.384. The first-order valence-electron chi connectivity index (χ1n) is 8.93. The summed E-state index contributed by atoms with van der Waals surface area (Å²) in [4.78, 5) is 26.8. The molecule has 0 amide bonds. The van der Waals surface area contributed by atoms with Crippen molar-refractivity contribution in [2.75, 3.05) is 0 Å². The molecule has 1 N–H and O–H groups in total. The van der Waals surface area contributed by atoms with Crippen LogP contribution < -0.4 is 4.74 Å². The average molecular weight is 497 g/mol. The molecular weight excluding hydrogens is 484 g/mol. The minimum atomic E-state index is -1.51. The highest BCUT2D eigenvalue weighted by molar-refractivity contribution is 9.10. The second-order valence-corrected chi connectivity index (χ2v) is 8.17. The molecule has 0 saturated heterocycles. The first-order chi connectivity index (χ1) is 14.9. The van der Waals surface area contributed by atoms with Crippen LogP contribution in [0.5, 0.6) is 5.75 Å². The molecule has 7 nitrogen and oxygen atoms in total. The number of rotatable bonds is 5. The van der Waals surface area contributed by atoms with E-state index in [1.54, 1.807) is 30.3 Å². The first kappa shape index (κ1) is 20.7. The SMILES string of the molecule is O=C(O)Oc1cc(-c2nc(-c3ccc(Br)cc3)cs2)ccc1-c1ccccc1[N+](=O)[O-]. The van der Waals surface area contributed by atoms with Gasteiger partial charge in [-0.3, -0.25) is 10.1 Å². The third-order valence-electron chi connectivity index (χ3n) is 4.46. The normalized spacial score (nSPS) is 10.6. The van der Waals surface area contributed by atoms with Crippen molar-refractivity contribution in [2.24, 2.45) is 0 Å². The first-order valence-corrected chi connectivity index (χ1v) is 10.6. The second kappa shape index (κ2) is 8.66. The van der Waals surface area contributed by atoms with Crippen LogP contribution in [0.3, 0.4) is 0 Å². The van der Waals surface area contributed by atoms with Crippen LogP contribution in [-0.4, -0.2) is 21.2 Å². The second-order valence-electron chi connectivity index (χ2n) is 6.40. The van der Waals surface area contributed by atoms with E-state index in [0.29, 0.717) is 16.1 Å². The van der Waals surface area contributed by atoms with Gasteiger partial charge in [0.2, 0.25) is 0 Å². The summed E-state index contributed by atoms with van der Waals surface area (Å²) >= 11 is 4.81. The van der Waals surface area contributed by atoms with Crippen molar-refractivity contribution >= 4 is 39.1 Å². The minimum absolute atomic E-state index is 0.000285. The van der Waals surface area contributed by atoms with Gasteiger partial charge in [-0.05, 0) is 30.3 Å². The van der Waals surface area contributed by atoms with Crippen LogP contribution in [0.15, 0.2) is 76.6 Å². The molecule has 31 heavy (non-hydrogen) atoms. The number of hydrogen-bond donors (Lipinski definition) is 1. The van der Waals surface area contributed by atoms with Crippen LogP contribution in [-0.2, 0) is 0 Å². The molecule has 0 fully saturated rings. The van der Waals surface area contributed by atoms with Gasteiger partial charge in [0.05, 0.1) is 16.2 Å². The lowest BCUT2D eigenvalue weighted by atomic mass is 10.0. The number of hydrogen-bond acceptors (Lipinski definition) is 6. The van der Waals surface area contributed by atoms with Gasteiger partial charge in [-0.1, -0.05) is 46.3 Å². The fraction of sp³-hybridized carbons (Fsp3) is 0. The smallest absolute Gasteiger partial charge is 0.449 e. The number of halogens is 1. The highest BCUT2D eigenvalue weighted by Gasteiger charge is 2.20. The molecule has 3 aromatic carbocycles. The molecule has 4 rings (SSSR count). The molecule has 0 atom stereocenters. The van der Waals surface area contributed by atoms with Crippen molar-refractivity contribution in [3.63, 3.8) is 0 Å². The van der Waals surface area contributed by atoms with Crippen molar-refractivity contribution in [1.29, 1.82) is 0 Å². The highest BCUT2D eigenvalue weighted by atomic mass is 79.9. The highest BCUT2D eigenvalue weighted by Crippen LogP contribution is 2.39. The topological polar surface area (TPSA) is 103 Å². The molecule has 0 aliphatic rings. The van der Waals surface area contributed by atoms with E-state index in [9.17, 15) is 20.0 Å². The van der Waals surface area contributed by atoms with Gasteiger partial charge in [0.15, 0.2) is 0 Å². The maximum Gasteiger partial charge on any atom is 0.511 e. The van der Waals surface area contributed by atoms with E-state index >= 15 is 0 Å². The van der Waals surface area contributed by atoms with Gasteiger partial charge in [0.25, 0.3) is 5.69 Å². The molecule has 0 saturated carbocycles. The molecule has 0 aliphatic carbocycles. The maximum atomic E-state index is 11.4. The van der Waals surface area contributed by atoms with E-state index in [-0.39, 0.29) is 17.0 Å². The summed E-state index contributed by atoms with van der Waals surface area (Å²) in [6, 6.07) is 18.7. The van der Waals surface area contributed by atoms with Gasteiger partial charge in [0, 0.05) is 32.6 Å². The van der Waals surface area contributed by atoms with Crippen LogP contribution >= 0.6 is 27.3 Å². The van der Waals surface area contributed by atoms with Gasteiger partial charge >= 0.3 is 6.16 Å². The van der Waals surface area contributed by atoms with E-state index in [0.717, 1.165) is 15.7 Å². The van der Waals surface area contributed by atoms with Gasteiger partial charge in [-0.25, -0.2) is 9.78 Å². The van der Waals surface area contributed by atoms with Gasteiger partial charge in [-0.15, -0.1) is 11.3 Å². The molecule has 4 aromatic rings. The number of benzene rings is 3. The van der Waals surface area contributed by atoms with E-state index in [4.69, 9.17) is 4.74 Å². The Morgan fingerprint density at radius 2 is 1.74 bits per heavy atom. The van der Waals surface area contributed by atoms with E-state index < -0.39 is 11.1 Å². The molecule has 0 spiro atoms. The Morgan fingerprint density at radius 1 is 1.03 bits per heavy atom. The predicted molar refractivity (Wildman–Crippen MR) is 121 cm³/mol. The van der Waals surface area contributed by atoms with Crippen molar-refractivity contribution in [3.8, 4) is 38.7 Å². The Hall–Kier alpha value is -3.56. The number of nitro benzene ring substituents is 1. The van der Waals surface area contributed by atoms with Crippen molar-refractivity contribution < 1.29 is 19.6 Å². The molecule has 1 aromatic heterocycles. The summed E-state index contributed by atoms with van der Waals surface area (Å²) in [5, 5.41) is 23.2. The Balaban J connectivity index is 1.77. The van der Waals surface area contributed by atoms with Gasteiger partial charge < -0.3 is 9.84 Å². The number of aromatic nitrogens is 1. The summed E-state index contributed by atoms with van der Waals surface area (Å²) in [6.07, 6.45) is -1.51. The van der Waals surface area contributed by atoms with Gasteiger partial charge in [0.1, 0.15) is 10.8 Å². The van der Waals surface area contributed by atoms with Crippen molar-refractivity contribution in [1.82, 2.24) is 4.98 Å². The van der Waals surface area contributed by atoms with E-state index in [1.807, 2.05) is 29.6 Å². The zero-order valence-corrected chi connectivity index (χ0v) is 18.1. The number of carbonyl (C=O) groups is 1. The lowest BCUT2D eigenvalue weighted by Crippen LogP contribution is -2.05. The van der Waals surface area contributed by atoms with Crippen LogP contribution in [0.2, 0.25) is 0 Å². The average Bonchev–Trinajstić information content (AvgIpc) is 3.24. The molecule has 0 radical (unpaired) electrons. The lowest BCUT2D eigenvalue weighted by Gasteiger charge is -2.10. The molecule has 0 bridgehead atoms. The summed E-state index contributed by atoms with van der Waals surface area (Å²) < 4.78 is 5.93. The standard InChI is InChI=1S/C22H13BrN2O5S/c23-15-8-5-13(6-9-15)18-12-31-21(24-18)14-7-10-17(20(11-14)30-22(26)27)16-3-1-2-4-19(16)25(28)29/h1-12H,(H,26,27). The molecule has 0 unspecified atom stereocenters. The fourth-order valence-corrected chi connectivity index (χ4v) is 4.17. The number of carboxylic acid groups (broad SMARTS) is 1. The Morgan fingerprint density at radius 3 is 2.45 bits per heavy atom. The Labute approximate surface area is 188 Å². The largest absolute Gasteiger partial charge is 0.511 e. The molecular formula is C22H13BrN2O5S. The van der Waals surface area contributed by atoms with E-state index in [2.05, 4.69) is 20.9 Å². The summed E-state index contributed by atoms with van der Waals surface area (Å²) in [5.74, 6) is -0.000285. The van der Waals surface area contributed by atoms with Gasteiger partial charge in [-0.2, -0.15) is 0 Å².